The molecule has 2 amide bonds. The van der Waals surface area contributed by atoms with Crippen molar-refractivity contribution in [2.24, 2.45) is 0 Å². The van der Waals surface area contributed by atoms with Crippen LogP contribution in [0.2, 0.25) is 5.02 Å². The molecule has 162 valence electrons. The maximum Gasteiger partial charge on any atom is 0.282 e. The van der Waals surface area contributed by atoms with Gasteiger partial charge in [-0.2, -0.15) is 0 Å². The fourth-order valence-corrected chi connectivity index (χ4v) is 4.46. The van der Waals surface area contributed by atoms with Crippen LogP contribution in [-0.2, 0) is 14.3 Å². The normalized spacial score (nSPS) is 22.0. The predicted molar refractivity (Wildman–Crippen MR) is 123 cm³/mol. The third-order valence-corrected chi connectivity index (χ3v) is 6.41. The number of halogens is 1. The number of nitrogens with zero attached hydrogens (tertiary/aromatic N) is 2. The van der Waals surface area contributed by atoms with Crippen LogP contribution in [-0.4, -0.2) is 42.0 Å². The van der Waals surface area contributed by atoms with Gasteiger partial charge in [0.15, 0.2) is 0 Å². The highest BCUT2D eigenvalue weighted by molar-refractivity contribution is 6.45. The van der Waals surface area contributed by atoms with Crippen LogP contribution in [0.3, 0.4) is 0 Å². The minimum Gasteiger partial charge on any atom is -0.372 e. The minimum absolute atomic E-state index is 0.0389. The molecular formula is C25H27ClN2O3. The van der Waals surface area contributed by atoms with Gasteiger partial charge in [-0.05, 0) is 69.0 Å². The molecule has 2 aliphatic heterocycles. The van der Waals surface area contributed by atoms with Crippen LogP contribution in [0.1, 0.15) is 36.1 Å². The Kier molecular flexibility index (Phi) is 5.67. The van der Waals surface area contributed by atoms with Crippen LogP contribution in [0, 0.1) is 20.8 Å². The average Bonchev–Trinajstić information content (AvgIpc) is 2.96. The Morgan fingerprint density at radius 2 is 1.52 bits per heavy atom. The molecule has 1 saturated heterocycles. The van der Waals surface area contributed by atoms with Crippen molar-refractivity contribution >= 4 is 34.7 Å². The number of rotatable bonds is 3. The zero-order valence-electron chi connectivity index (χ0n) is 18.5. The number of hydrogen-bond donors (Lipinski definition) is 0. The first-order valence-electron chi connectivity index (χ1n) is 10.5. The Balaban J connectivity index is 1.86. The number of anilines is 1. The van der Waals surface area contributed by atoms with Crippen LogP contribution < -0.4 is 4.90 Å². The Labute approximate surface area is 188 Å². The van der Waals surface area contributed by atoms with Crippen molar-refractivity contribution in [2.45, 2.75) is 46.8 Å². The van der Waals surface area contributed by atoms with Crippen molar-refractivity contribution in [1.82, 2.24) is 4.90 Å². The van der Waals surface area contributed by atoms with E-state index in [2.05, 4.69) is 0 Å². The second-order valence-electron chi connectivity index (χ2n) is 8.56. The first-order chi connectivity index (χ1) is 14.7. The van der Waals surface area contributed by atoms with Gasteiger partial charge in [-0.3, -0.25) is 9.59 Å². The van der Waals surface area contributed by atoms with E-state index in [-0.39, 0.29) is 24.0 Å². The lowest BCUT2D eigenvalue weighted by Crippen LogP contribution is -2.47. The quantitative estimate of drug-likeness (QED) is 0.654. The number of ether oxygens (including phenoxy) is 1. The Morgan fingerprint density at radius 3 is 2.13 bits per heavy atom. The summed E-state index contributed by atoms with van der Waals surface area (Å²) in [5.74, 6) is -0.644. The highest BCUT2D eigenvalue weighted by Crippen LogP contribution is 2.37. The van der Waals surface area contributed by atoms with Crippen LogP contribution in [0.4, 0.5) is 5.69 Å². The highest BCUT2D eigenvalue weighted by Gasteiger charge is 2.44. The molecule has 31 heavy (non-hydrogen) atoms. The molecule has 2 atom stereocenters. The van der Waals surface area contributed by atoms with Crippen LogP contribution >= 0.6 is 11.6 Å². The number of hydrogen-bond acceptors (Lipinski definition) is 4. The SMILES string of the molecule is Cc1ccc(C2=C(N3CC(C)OC(C)C3)C(=O)N(c3ccc(C)c(Cl)c3)C2=O)cc1C. The van der Waals surface area contributed by atoms with E-state index >= 15 is 0 Å². The monoisotopic (exact) mass is 438 g/mol. The maximum atomic E-state index is 13.7. The molecule has 6 heteroatoms. The summed E-state index contributed by atoms with van der Waals surface area (Å²) in [4.78, 5) is 30.6. The predicted octanol–water partition coefficient (Wildman–Crippen LogP) is 4.66. The van der Waals surface area contributed by atoms with Crippen LogP contribution in [0.25, 0.3) is 5.57 Å². The molecular weight excluding hydrogens is 412 g/mol. The van der Waals surface area contributed by atoms with Gasteiger partial charge in [0.1, 0.15) is 5.70 Å². The van der Waals surface area contributed by atoms with Crippen molar-refractivity contribution in [3.05, 3.63) is 69.4 Å². The van der Waals surface area contributed by atoms with E-state index in [1.54, 1.807) is 12.1 Å². The molecule has 2 aliphatic rings. The molecule has 2 aromatic rings. The van der Waals surface area contributed by atoms with Gasteiger partial charge in [-0.1, -0.05) is 35.9 Å². The molecule has 0 radical (unpaired) electrons. The standard InChI is InChI=1S/C25H27ClN2O3/c1-14-6-8-19(10-16(14)3)22-23(27-12-17(4)31-18(5)13-27)25(30)28(24(22)29)20-9-7-15(2)21(26)11-20/h6-11,17-18H,12-13H2,1-5H3. The molecule has 0 spiro atoms. The largest absolute Gasteiger partial charge is 0.372 e. The summed E-state index contributed by atoms with van der Waals surface area (Å²) in [5, 5.41) is 0.521. The number of benzene rings is 2. The van der Waals surface area contributed by atoms with Crippen molar-refractivity contribution < 1.29 is 14.3 Å². The zero-order chi connectivity index (χ0) is 22.4. The van der Waals surface area contributed by atoms with E-state index in [1.807, 2.05) is 63.8 Å². The number of morpholine rings is 1. The van der Waals surface area contributed by atoms with Gasteiger partial charge in [0.25, 0.3) is 11.8 Å². The summed E-state index contributed by atoms with van der Waals surface area (Å²) in [5.41, 5.74) is 5.21. The third kappa shape index (κ3) is 3.88. The van der Waals surface area contributed by atoms with E-state index in [4.69, 9.17) is 16.3 Å². The van der Waals surface area contributed by atoms with E-state index in [0.717, 1.165) is 22.3 Å². The molecule has 0 bridgehead atoms. The number of carbonyl (C=O) groups is 2. The molecule has 2 aromatic carbocycles. The number of imide groups is 1. The second kappa shape index (κ2) is 8.13. The molecule has 2 unspecified atom stereocenters. The smallest absolute Gasteiger partial charge is 0.282 e. The fourth-order valence-electron chi connectivity index (χ4n) is 4.28. The molecule has 0 aromatic heterocycles. The molecule has 5 nitrogen and oxygen atoms in total. The lowest BCUT2D eigenvalue weighted by molar-refractivity contribution is -0.121. The van der Waals surface area contributed by atoms with Gasteiger partial charge in [0, 0.05) is 18.1 Å². The summed E-state index contributed by atoms with van der Waals surface area (Å²) >= 11 is 6.31. The Hall–Kier alpha value is -2.63. The molecule has 0 N–H and O–H groups in total. The summed E-state index contributed by atoms with van der Waals surface area (Å²) in [7, 11) is 0. The summed E-state index contributed by atoms with van der Waals surface area (Å²) in [6, 6.07) is 11.2. The summed E-state index contributed by atoms with van der Waals surface area (Å²) in [6.07, 6.45) is -0.0777. The first kappa shape index (κ1) is 21.6. The molecule has 1 fully saturated rings. The molecule has 0 saturated carbocycles. The molecule has 2 heterocycles. The van der Waals surface area contributed by atoms with Gasteiger partial charge in [0.05, 0.1) is 23.5 Å². The first-order valence-corrected chi connectivity index (χ1v) is 10.9. The topological polar surface area (TPSA) is 49.9 Å². The van der Waals surface area contributed by atoms with E-state index in [1.165, 1.54) is 4.90 Å². The fraction of sp³-hybridized carbons (Fsp3) is 0.360. The van der Waals surface area contributed by atoms with Crippen molar-refractivity contribution in [1.29, 1.82) is 0 Å². The van der Waals surface area contributed by atoms with Crippen molar-refractivity contribution in [2.75, 3.05) is 18.0 Å². The molecule has 0 aliphatic carbocycles. The number of aryl methyl sites for hydroxylation is 3. The van der Waals surface area contributed by atoms with Gasteiger partial charge < -0.3 is 9.64 Å². The average molecular weight is 439 g/mol. The van der Waals surface area contributed by atoms with E-state index in [9.17, 15) is 9.59 Å². The van der Waals surface area contributed by atoms with Crippen LogP contribution in [0.5, 0.6) is 0 Å². The number of carbonyl (C=O) groups excluding carboxylic acids is 2. The number of amides is 2. The van der Waals surface area contributed by atoms with Gasteiger partial charge in [0.2, 0.25) is 0 Å². The van der Waals surface area contributed by atoms with Gasteiger partial charge >= 0.3 is 0 Å². The Morgan fingerprint density at radius 1 is 0.871 bits per heavy atom. The zero-order valence-corrected chi connectivity index (χ0v) is 19.3. The summed E-state index contributed by atoms with van der Waals surface area (Å²) < 4.78 is 5.86. The highest BCUT2D eigenvalue weighted by atomic mass is 35.5. The van der Waals surface area contributed by atoms with Crippen molar-refractivity contribution in [3.63, 3.8) is 0 Å². The molecule has 4 rings (SSSR count). The maximum absolute atomic E-state index is 13.7. The second-order valence-corrected chi connectivity index (χ2v) is 8.97. The van der Waals surface area contributed by atoms with Crippen LogP contribution in [0.15, 0.2) is 42.1 Å². The van der Waals surface area contributed by atoms with E-state index < -0.39 is 0 Å². The van der Waals surface area contributed by atoms with Gasteiger partial charge in [-0.25, -0.2) is 4.90 Å². The van der Waals surface area contributed by atoms with E-state index in [0.29, 0.717) is 35.1 Å². The van der Waals surface area contributed by atoms with Crippen molar-refractivity contribution in [3.8, 4) is 0 Å². The minimum atomic E-state index is -0.324. The lowest BCUT2D eigenvalue weighted by Gasteiger charge is -2.37. The lowest BCUT2D eigenvalue weighted by atomic mass is 9.99. The third-order valence-electron chi connectivity index (χ3n) is 6.00. The summed E-state index contributed by atoms with van der Waals surface area (Å²) in [6.45, 7) is 11.0. The Bertz CT molecular complexity index is 1100. The van der Waals surface area contributed by atoms with Gasteiger partial charge in [-0.15, -0.1) is 0 Å².